The van der Waals surface area contributed by atoms with Crippen LogP contribution in [0.2, 0.25) is 0 Å². The summed E-state index contributed by atoms with van der Waals surface area (Å²) in [6, 6.07) is -19.8. The molecular formula is C40H24O. The number of rotatable bonds is 2. The first-order chi connectivity index (χ1) is 30.3. The van der Waals surface area contributed by atoms with E-state index in [2.05, 4.69) is 0 Å². The topological polar surface area (TPSA) is 13.1 Å². The molecule has 41 heavy (non-hydrogen) atoms. The molecule has 1 nitrogen and oxygen atoms in total. The fourth-order valence-corrected chi connectivity index (χ4v) is 5.06. The summed E-state index contributed by atoms with van der Waals surface area (Å²) in [5.74, 6) is 0. The van der Waals surface area contributed by atoms with Crippen molar-refractivity contribution < 1.29 is 37.3 Å². The first-order valence-corrected chi connectivity index (χ1v) is 12.2. The molecule has 0 amide bonds. The Morgan fingerprint density at radius 2 is 1.12 bits per heavy atom. The van der Waals surface area contributed by atoms with Crippen molar-refractivity contribution in [1.29, 1.82) is 0 Å². The minimum Gasteiger partial charge on any atom is -0.455 e. The van der Waals surface area contributed by atoms with Crippen LogP contribution >= 0.6 is 0 Å². The van der Waals surface area contributed by atoms with Gasteiger partial charge in [-0.15, -0.1) is 0 Å². The first kappa shape index (κ1) is 9.33. The number of benzene rings is 8. The fourth-order valence-electron chi connectivity index (χ4n) is 5.06. The molecule has 0 bridgehead atoms. The Bertz CT molecular complexity index is 3790. The maximum atomic E-state index is 9.44. The van der Waals surface area contributed by atoms with E-state index < -0.39 is 232 Å². The molecule has 1 heterocycles. The normalized spacial score (nSPS) is 20.1. The lowest BCUT2D eigenvalue weighted by molar-refractivity contribution is 0.673. The van der Waals surface area contributed by atoms with Gasteiger partial charge in [0.05, 0.1) is 32.9 Å². The first-order valence-electron chi connectivity index (χ1n) is 24.2. The summed E-state index contributed by atoms with van der Waals surface area (Å²) < 4.78 is 219. The van der Waals surface area contributed by atoms with E-state index in [1.54, 1.807) is 0 Å². The van der Waals surface area contributed by atoms with Gasteiger partial charge in [0.2, 0.25) is 0 Å². The maximum absolute atomic E-state index is 9.44. The lowest BCUT2D eigenvalue weighted by atomic mass is 9.88. The molecule has 0 spiro atoms. The zero-order valence-electron chi connectivity index (χ0n) is 44.4. The smallest absolute Gasteiger partial charge is 0.143 e. The van der Waals surface area contributed by atoms with Crippen molar-refractivity contribution in [3.8, 4) is 22.3 Å². The second-order valence-corrected chi connectivity index (χ2v) is 9.01. The monoisotopic (exact) mass is 544 g/mol. The minimum absolute atomic E-state index is 0.479. The summed E-state index contributed by atoms with van der Waals surface area (Å²) >= 11 is 0. The van der Waals surface area contributed by atoms with Gasteiger partial charge in [-0.25, -0.2) is 0 Å². The standard InChI is InChI=1S/C40H24O/c1-2-9-25(10-3-1)27-18-20-32-29(23-27)19-22-35-39-34(15-8-16-37(39)41-40(32)35)38-31-14-7-5-12-28(31)24-36-30-13-6-4-11-26(30)17-21-33(36)38/h1-24H/i1D,2D,3D,4D,5D,6D,7D,8D,9D,10D,11D,12D,13D,14D,15D,16D,17D,18D,19D,20D,21D,22D,23D,24D. The van der Waals surface area contributed by atoms with Crippen LogP contribution in [0.1, 0.15) is 32.9 Å². The fraction of sp³-hybridized carbons (Fsp3) is 0. The Labute approximate surface area is 270 Å². The molecular weight excluding hydrogens is 496 g/mol. The zero-order valence-corrected chi connectivity index (χ0v) is 20.4. The van der Waals surface area contributed by atoms with Crippen LogP contribution in [-0.4, -0.2) is 0 Å². The second kappa shape index (κ2) is 8.55. The van der Waals surface area contributed by atoms with Gasteiger partial charge in [0.1, 0.15) is 11.2 Å². The van der Waals surface area contributed by atoms with Crippen LogP contribution in [0.5, 0.6) is 0 Å². The van der Waals surface area contributed by atoms with Gasteiger partial charge in [-0.1, -0.05) is 115 Å². The molecule has 0 saturated heterocycles. The molecule has 0 atom stereocenters. The number of hydrogen-bond donors (Lipinski definition) is 0. The van der Waals surface area contributed by atoms with Gasteiger partial charge in [0, 0.05) is 16.2 Å². The van der Waals surface area contributed by atoms with E-state index in [0.29, 0.717) is 0 Å². The molecule has 8 aromatic carbocycles. The Morgan fingerprint density at radius 1 is 0.415 bits per heavy atom. The highest BCUT2D eigenvalue weighted by Crippen LogP contribution is 2.45. The third kappa shape index (κ3) is 3.30. The highest BCUT2D eigenvalue weighted by atomic mass is 16.3. The van der Waals surface area contributed by atoms with Crippen LogP contribution in [0.15, 0.2) is 149 Å². The SMILES string of the molecule is [2H]c1c([2H])c([2H])c(-c2c([2H])c([2H])c3c(c2[2H])c([2H])c([2H])c2c3oc3c([2H])c([2H])c([2H])c(-c4c5c([2H])c([2H])c([2H])c([2H])c5c([2H])c5c4c([2H])c([2H])c4c([2H])c([2H])c([2H])c([2H])c45)c32)c([2H])c1[2H]. The van der Waals surface area contributed by atoms with Gasteiger partial charge in [-0.2, -0.15) is 0 Å². The zero-order chi connectivity index (χ0) is 47.8. The van der Waals surface area contributed by atoms with Gasteiger partial charge < -0.3 is 4.42 Å². The molecule has 0 radical (unpaired) electrons. The average Bonchev–Trinajstić information content (AvgIpc) is 3.67. The van der Waals surface area contributed by atoms with E-state index in [4.69, 9.17) is 27.7 Å². The number of fused-ring (bicyclic) bond motifs is 9. The molecule has 1 heteroatoms. The van der Waals surface area contributed by atoms with Crippen LogP contribution < -0.4 is 0 Å². The van der Waals surface area contributed by atoms with Crippen LogP contribution in [-0.2, 0) is 0 Å². The third-order valence-electron chi connectivity index (χ3n) is 6.81. The van der Waals surface area contributed by atoms with Gasteiger partial charge in [-0.05, 0) is 90.2 Å². The van der Waals surface area contributed by atoms with Gasteiger partial charge >= 0.3 is 0 Å². The molecule has 0 aliphatic rings. The largest absolute Gasteiger partial charge is 0.455 e. The summed E-state index contributed by atoms with van der Waals surface area (Å²) in [4.78, 5) is 0. The molecule has 9 aromatic rings. The lowest BCUT2D eigenvalue weighted by Crippen LogP contribution is -1.88. The Kier molecular flexibility index (Phi) is 1.94. The number of hydrogen-bond acceptors (Lipinski definition) is 1. The van der Waals surface area contributed by atoms with Crippen LogP contribution in [0.3, 0.4) is 0 Å². The van der Waals surface area contributed by atoms with Crippen molar-refractivity contribution in [2.24, 2.45) is 0 Å². The highest BCUT2D eigenvalue weighted by Gasteiger charge is 2.19. The quantitative estimate of drug-likeness (QED) is 0.156. The summed E-state index contributed by atoms with van der Waals surface area (Å²) in [6.45, 7) is 0. The number of furan rings is 1. The van der Waals surface area contributed by atoms with E-state index in [-0.39, 0.29) is 0 Å². The third-order valence-corrected chi connectivity index (χ3v) is 6.81. The van der Waals surface area contributed by atoms with Crippen molar-refractivity contribution in [1.82, 2.24) is 0 Å². The molecule has 0 saturated carbocycles. The Balaban J connectivity index is 1.60. The summed E-state index contributed by atoms with van der Waals surface area (Å²) in [6.07, 6.45) is 0. The summed E-state index contributed by atoms with van der Waals surface area (Å²) in [5, 5.41) is -5.25. The van der Waals surface area contributed by atoms with Crippen molar-refractivity contribution in [3.63, 3.8) is 0 Å². The molecule has 0 N–H and O–H groups in total. The van der Waals surface area contributed by atoms with Gasteiger partial charge in [0.25, 0.3) is 0 Å². The minimum atomic E-state index is -0.900. The Hall–Kier alpha value is -5.40. The van der Waals surface area contributed by atoms with Gasteiger partial charge in [0.15, 0.2) is 0 Å². The predicted molar refractivity (Wildman–Crippen MR) is 175 cm³/mol. The van der Waals surface area contributed by atoms with E-state index in [0.717, 1.165) is 0 Å². The molecule has 0 fully saturated rings. The summed E-state index contributed by atoms with van der Waals surface area (Å²) in [5.41, 5.74) is -3.62. The van der Waals surface area contributed by atoms with Crippen LogP contribution in [0.4, 0.5) is 0 Å². The van der Waals surface area contributed by atoms with Crippen molar-refractivity contribution in [2.75, 3.05) is 0 Å². The molecule has 1 aromatic heterocycles. The van der Waals surface area contributed by atoms with E-state index in [1.165, 1.54) is 0 Å². The van der Waals surface area contributed by atoms with E-state index in [9.17, 15) is 9.60 Å². The molecule has 0 aliphatic carbocycles. The highest BCUT2D eigenvalue weighted by molar-refractivity contribution is 6.26. The molecule has 190 valence electrons. The van der Waals surface area contributed by atoms with Crippen molar-refractivity contribution >= 4 is 65.0 Å². The lowest BCUT2D eigenvalue weighted by Gasteiger charge is -2.15. The molecule has 0 unspecified atom stereocenters. The van der Waals surface area contributed by atoms with Gasteiger partial charge in [-0.3, -0.25) is 0 Å². The van der Waals surface area contributed by atoms with Crippen LogP contribution in [0, 0.1) is 0 Å². The predicted octanol–water partition coefficient (Wildman–Crippen LogP) is 11.5. The average molecular weight is 545 g/mol. The molecule has 9 rings (SSSR count). The van der Waals surface area contributed by atoms with E-state index in [1.807, 2.05) is 0 Å². The van der Waals surface area contributed by atoms with E-state index >= 15 is 0 Å². The Morgan fingerprint density at radius 3 is 2.02 bits per heavy atom. The molecule has 0 aliphatic heterocycles. The van der Waals surface area contributed by atoms with Crippen LogP contribution in [0.25, 0.3) is 87.3 Å². The van der Waals surface area contributed by atoms with Crippen molar-refractivity contribution in [2.45, 2.75) is 0 Å². The summed E-state index contributed by atoms with van der Waals surface area (Å²) in [7, 11) is 0. The second-order valence-electron chi connectivity index (χ2n) is 9.01. The maximum Gasteiger partial charge on any atom is 0.143 e. The van der Waals surface area contributed by atoms with Crippen molar-refractivity contribution in [3.05, 3.63) is 145 Å².